The van der Waals surface area contributed by atoms with Crippen molar-refractivity contribution in [1.82, 2.24) is 5.32 Å². The van der Waals surface area contributed by atoms with Gasteiger partial charge in [0.2, 0.25) is 0 Å². The highest BCUT2D eigenvalue weighted by molar-refractivity contribution is 4.70. The Morgan fingerprint density at radius 2 is 2.07 bits per heavy atom. The summed E-state index contributed by atoms with van der Waals surface area (Å²) < 4.78 is 10.5. The van der Waals surface area contributed by atoms with E-state index >= 15 is 0 Å². The minimum absolute atomic E-state index is 0.856. The summed E-state index contributed by atoms with van der Waals surface area (Å²) in [6.07, 6.45) is 4.78. The fourth-order valence-electron chi connectivity index (χ4n) is 1.76. The molecule has 0 amide bonds. The maximum atomic E-state index is 5.56. The van der Waals surface area contributed by atoms with Gasteiger partial charge in [0.25, 0.3) is 0 Å². The Morgan fingerprint density at radius 3 is 2.79 bits per heavy atom. The molecule has 1 atom stereocenters. The third-order valence-electron chi connectivity index (χ3n) is 2.72. The molecule has 0 spiro atoms. The minimum Gasteiger partial charge on any atom is -0.385 e. The van der Waals surface area contributed by atoms with Crippen LogP contribution >= 0.6 is 0 Å². The third kappa shape index (κ3) is 5.58. The van der Waals surface area contributed by atoms with E-state index in [1.54, 1.807) is 7.11 Å². The molecule has 1 N–H and O–H groups in total. The van der Waals surface area contributed by atoms with Crippen LogP contribution in [0.5, 0.6) is 0 Å². The van der Waals surface area contributed by atoms with Gasteiger partial charge in [-0.2, -0.15) is 0 Å². The first kappa shape index (κ1) is 12.0. The summed E-state index contributed by atoms with van der Waals surface area (Å²) in [7, 11) is 1.74. The molecule has 1 saturated heterocycles. The molecule has 1 heterocycles. The van der Waals surface area contributed by atoms with Gasteiger partial charge < -0.3 is 14.8 Å². The molecule has 0 aromatic heterocycles. The Labute approximate surface area is 87.2 Å². The Morgan fingerprint density at radius 1 is 1.21 bits per heavy atom. The lowest BCUT2D eigenvalue weighted by Crippen LogP contribution is -2.11. The second-order valence-corrected chi connectivity index (χ2v) is 3.96. The average molecular weight is 201 g/mol. The van der Waals surface area contributed by atoms with Gasteiger partial charge in [-0.3, -0.25) is 0 Å². The standard InChI is InChI=1S/C11H23NO2/c1-13-7-2-3-8-14-9-5-11-4-6-12-10-11/h11-12H,2-10H2,1H3. The van der Waals surface area contributed by atoms with Crippen LogP contribution in [0.15, 0.2) is 0 Å². The highest BCUT2D eigenvalue weighted by Crippen LogP contribution is 2.11. The van der Waals surface area contributed by atoms with Crippen LogP contribution in [0.1, 0.15) is 25.7 Å². The maximum absolute atomic E-state index is 5.56. The van der Waals surface area contributed by atoms with Crippen LogP contribution in [0.3, 0.4) is 0 Å². The third-order valence-corrected chi connectivity index (χ3v) is 2.72. The van der Waals surface area contributed by atoms with Crippen molar-refractivity contribution < 1.29 is 9.47 Å². The molecule has 0 radical (unpaired) electrons. The van der Waals surface area contributed by atoms with E-state index in [4.69, 9.17) is 9.47 Å². The normalized spacial score (nSPS) is 21.6. The van der Waals surface area contributed by atoms with Gasteiger partial charge in [0, 0.05) is 26.9 Å². The second kappa shape index (κ2) is 8.21. The Balaban J connectivity index is 1.75. The van der Waals surface area contributed by atoms with Crippen LogP contribution in [0.25, 0.3) is 0 Å². The highest BCUT2D eigenvalue weighted by Gasteiger charge is 2.13. The molecule has 0 bridgehead atoms. The average Bonchev–Trinajstić information content (AvgIpc) is 2.69. The van der Waals surface area contributed by atoms with Gasteiger partial charge in [-0.1, -0.05) is 0 Å². The Kier molecular flexibility index (Phi) is 7.01. The predicted molar refractivity (Wildman–Crippen MR) is 57.5 cm³/mol. The molecule has 84 valence electrons. The summed E-state index contributed by atoms with van der Waals surface area (Å²) in [5.41, 5.74) is 0. The van der Waals surface area contributed by atoms with E-state index in [-0.39, 0.29) is 0 Å². The first-order chi connectivity index (χ1) is 6.93. The topological polar surface area (TPSA) is 30.5 Å². The molecule has 3 nitrogen and oxygen atoms in total. The smallest absolute Gasteiger partial charge is 0.0469 e. The van der Waals surface area contributed by atoms with Crippen LogP contribution in [-0.2, 0) is 9.47 Å². The SMILES string of the molecule is COCCCCOCCC1CCNC1. The highest BCUT2D eigenvalue weighted by atomic mass is 16.5. The maximum Gasteiger partial charge on any atom is 0.0469 e. The van der Waals surface area contributed by atoms with Gasteiger partial charge >= 0.3 is 0 Å². The van der Waals surface area contributed by atoms with Crippen molar-refractivity contribution in [1.29, 1.82) is 0 Å². The monoisotopic (exact) mass is 201 g/mol. The zero-order valence-electron chi connectivity index (χ0n) is 9.26. The molecule has 1 fully saturated rings. The molecule has 0 aliphatic carbocycles. The van der Waals surface area contributed by atoms with Gasteiger partial charge in [0.15, 0.2) is 0 Å². The molecule has 1 aliphatic heterocycles. The number of nitrogens with one attached hydrogen (secondary N) is 1. The second-order valence-electron chi connectivity index (χ2n) is 3.96. The minimum atomic E-state index is 0.856. The van der Waals surface area contributed by atoms with Gasteiger partial charge in [0.1, 0.15) is 0 Å². The van der Waals surface area contributed by atoms with Gasteiger partial charge in [-0.05, 0) is 44.7 Å². The molecule has 1 unspecified atom stereocenters. The molecule has 1 rings (SSSR count). The van der Waals surface area contributed by atoms with Gasteiger partial charge in [0.05, 0.1) is 0 Å². The fourth-order valence-corrected chi connectivity index (χ4v) is 1.76. The molecular weight excluding hydrogens is 178 g/mol. The zero-order chi connectivity index (χ0) is 10.1. The van der Waals surface area contributed by atoms with E-state index in [1.165, 1.54) is 25.9 Å². The number of hydrogen-bond donors (Lipinski definition) is 1. The van der Waals surface area contributed by atoms with Crippen molar-refractivity contribution >= 4 is 0 Å². The Hall–Kier alpha value is -0.120. The van der Waals surface area contributed by atoms with Crippen LogP contribution in [-0.4, -0.2) is 40.0 Å². The molecule has 0 aromatic carbocycles. The van der Waals surface area contributed by atoms with Crippen LogP contribution in [0, 0.1) is 5.92 Å². The summed E-state index contributed by atoms with van der Waals surface area (Å²) in [6, 6.07) is 0. The van der Waals surface area contributed by atoms with Crippen molar-refractivity contribution in [2.75, 3.05) is 40.0 Å². The largest absolute Gasteiger partial charge is 0.385 e. The summed E-state index contributed by atoms with van der Waals surface area (Å²) in [4.78, 5) is 0. The summed E-state index contributed by atoms with van der Waals surface area (Å²) >= 11 is 0. The molecule has 0 saturated carbocycles. The number of methoxy groups -OCH3 is 1. The lowest BCUT2D eigenvalue weighted by Gasteiger charge is -2.08. The van der Waals surface area contributed by atoms with E-state index in [2.05, 4.69) is 5.32 Å². The van der Waals surface area contributed by atoms with E-state index in [0.717, 1.165) is 38.6 Å². The van der Waals surface area contributed by atoms with E-state index in [0.29, 0.717) is 0 Å². The molecule has 0 aromatic rings. The Bertz CT molecular complexity index is 124. The first-order valence-corrected chi connectivity index (χ1v) is 5.71. The van der Waals surface area contributed by atoms with Crippen LogP contribution < -0.4 is 5.32 Å². The lowest BCUT2D eigenvalue weighted by molar-refractivity contribution is 0.109. The van der Waals surface area contributed by atoms with E-state index in [1.807, 2.05) is 0 Å². The lowest BCUT2D eigenvalue weighted by atomic mass is 10.1. The van der Waals surface area contributed by atoms with Gasteiger partial charge in [-0.25, -0.2) is 0 Å². The van der Waals surface area contributed by atoms with Gasteiger partial charge in [-0.15, -0.1) is 0 Å². The van der Waals surface area contributed by atoms with Crippen molar-refractivity contribution in [3.05, 3.63) is 0 Å². The van der Waals surface area contributed by atoms with Crippen LogP contribution in [0.2, 0.25) is 0 Å². The number of unbranched alkanes of at least 4 members (excludes halogenated alkanes) is 1. The quantitative estimate of drug-likeness (QED) is 0.603. The van der Waals surface area contributed by atoms with Crippen molar-refractivity contribution in [2.45, 2.75) is 25.7 Å². The van der Waals surface area contributed by atoms with Crippen molar-refractivity contribution in [2.24, 2.45) is 5.92 Å². The van der Waals surface area contributed by atoms with Crippen molar-refractivity contribution in [3.8, 4) is 0 Å². The molecule has 14 heavy (non-hydrogen) atoms. The molecule has 1 aliphatic rings. The number of ether oxygens (including phenoxy) is 2. The van der Waals surface area contributed by atoms with Crippen molar-refractivity contribution in [3.63, 3.8) is 0 Å². The first-order valence-electron chi connectivity index (χ1n) is 5.71. The summed E-state index contributed by atoms with van der Waals surface area (Å²) in [5, 5.41) is 3.37. The van der Waals surface area contributed by atoms with E-state index < -0.39 is 0 Å². The molecular formula is C11H23NO2. The number of rotatable bonds is 8. The fraction of sp³-hybridized carbons (Fsp3) is 1.00. The summed E-state index contributed by atoms with van der Waals surface area (Å²) in [6.45, 7) is 5.06. The number of hydrogen-bond acceptors (Lipinski definition) is 3. The van der Waals surface area contributed by atoms with E-state index in [9.17, 15) is 0 Å². The van der Waals surface area contributed by atoms with Crippen LogP contribution in [0.4, 0.5) is 0 Å². The predicted octanol–water partition coefficient (Wildman–Crippen LogP) is 1.43. The molecule has 3 heteroatoms. The zero-order valence-corrected chi connectivity index (χ0v) is 9.26. The summed E-state index contributed by atoms with van der Waals surface area (Å²) in [5.74, 6) is 0.856.